The normalized spacial score (nSPS) is 21.8. The molecule has 1 heterocycles. The second-order valence-corrected chi connectivity index (χ2v) is 6.03. The summed E-state index contributed by atoms with van der Waals surface area (Å²) in [6, 6.07) is 8.53. The molecule has 0 spiro atoms. The highest BCUT2D eigenvalue weighted by molar-refractivity contribution is 5.85. The molecule has 2 atom stereocenters. The standard InChI is InChI=1S/C17H26N2O.ClH/c1-13-9-10-19(16(11-13)12-18)17(20)8-7-15-6-4-3-5-14(15)2;/h3-6,13,16H,7-12,18H2,1-2H3;1H. The molecule has 1 aromatic carbocycles. The summed E-state index contributed by atoms with van der Waals surface area (Å²) < 4.78 is 0. The number of aryl methyl sites for hydroxylation is 2. The summed E-state index contributed by atoms with van der Waals surface area (Å²) in [5.41, 5.74) is 8.37. The van der Waals surface area contributed by atoms with E-state index in [1.165, 1.54) is 11.1 Å². The van der Waals surface area contributed by atoms with Crippen molar-refractivity contribution in [1.29, 1.82) is 0 Å². The van der Waals surface area contributed by atoms with Crippen molar-refractivity contribution >= 4 is 18.3 Å². The van der Waals surface area contributed by atoms with Gasteiger partial charge in [0, 0.05) is 25.6 Å². The fourth-order valence-electron chi connectivity index (χ4n) is 3.08. The lowest BCUT2D eigenvalue weighted by Gasteiger charge is -2.38. The van der Waals surface area contributed by atoms with Gasteiger partial charge >= 0.3 is 0 Å². The lowest BCUT2D eigenvalue weighted by molar-refractivity contribution is -0.135. The summed E-state index contributed by atoms with van der Waals surface area (Å²) in [4.78, 5) is 14.4. The molecular formula is C17H27ClN2O. The molecule has 21 heavy (non-hydrogen) atoms. The number of hydrogen-bond donors (Lipinski definition) is 1. The number of piperidine rings is 1. The van der Waals surface area contributed by atoms with Crippen LogP contribution in [0.4, 0.5) is 0 Å². The molecule has 0 aromatic heterocycles. The van der Waals surface area contributed by atoms with Gasteiger partial charge in [0.2, 0.25) is 5.91 Å². The zero-order valence-electron chi connectivity index (χ0n) is 13.0. The Bertz CT molecular complexity index is 464. The smallest absolute Gasteiger partial charge is 0.223 e. The van der Waals surface area contributed by atoms with Crippen LogP contribution < -0.4 is 5.73 Å². The van der Waals surface area contributed by atoms with E-state index in [2.05, 4.69) is 26.0 Å². The second-order valence-electron chi connectivity index (χ2n) is 6.03. The van der Waals surface area contributed by atoms with Gasteiger partial charge in [0.05, 0.1) is 0 Å². The van der Waals surface area contributed by atoms with E-state index in [-0.39, 0.29) is 24.4 Å². The van der Waals surface area contributed by atoms with Crippen molar-refractivity contribution in [3.63, 3.8) is 0 Å². The Morgan fingerprint density at radius 3 is 2.76 bits per heavy atom. The Hall–Kier alpha value is -1.06. The van der Waals surface area contributed by atoms with Crippen molar-refractivity contribution in [2.45, 2.75) is 45.6 Å². The number of rotatable bonds is 4. The van der Waals surface area contributed by atoms with E-state index < -0.39 is 0 Å². The largest absolute Gasteiger partial charge is 0.338 e. The van der Waals surface area contributed by atoms with E-state index in [1.807, 2.05) is 17.0 Å². The lowest BCUT2D eigenvalue weighted by Crippen LogP contribution is -2.49. The summed E-state index contributed by atoms with van der Waals surface area (Å²) in [7, 11) is 0. The molecule has 1 aliphatic rings. The lowest BCUT2D eigenvalue weighted by atomic mass is 9.92. The highest BCUT2D eigenvalue weighted by Crippen LogP contribution is 2.23. The molecule has 1 aliphatic heterocycles. The molecule has 1 saturated heterocycles. The van der Waals surface area contributed by atoms with E-state index in [4.69, 9.17) is 5.73 Å². The molecular weight excluding hydrogens is 284 g/mol. The third kappa shape index (κ3) is 4.72. The molecule has 0 saturated carbocycles. The predicted molar refractivity (Wildman–Crippen MR) is 89.7 cm³/mol. The van der Waals surface area contributed by atoms with Crippen molar-refractivity contribution in [3.8, 4) is 0 Å². The van der Waals surface area contributed by atoms with E-state index in [9.17, 15) is 4.79 Å². The molecule has 2 unspecified atom stereocenters. The van der Waals surface area contributed by atoms with E-state index >= 15 is 0 Å². The molecule has 1 aromatic rings. The third-order valence-electron chi connectivity index (χ3n) is 4.44. The summed E-state index contributed by atoms with van der Waals surface area (Å²) in [5, 5.41) is 0. The molecule has 0 aliphatic carbocycles. The first-order valence-corrected chi connectivity index (χ1v) is 7.66. The van der Waals surface area contributed by atoms with Crippen LogP contribution in [-0.2, 0) is 11.2 Å². The fourth-order valence-corrected chi connectivity index (χ4v) is 3.08. The zero-order valence-corrected chi connectivity index (χ0v) is 13.9. The SMILES string of the molecule is Cc1ccccc1CCC(=O)N1CCC(C)CC1CN.Cl. The third-order valence-corrected chi connectivity index (χ3v) is 4.44. The summed E-state index contributed by atoms with van der Waals surface area (Å²) in [5.74, 6) is 0.944. The predicted octanol–water partition coefficient (Wildman–Crippen LogP) is 2.94. The van der Waals surface area contributed by atoms with Gasteiger partial charge in [-0.05, 0) is 43.2 Å². The summed E-state index contributed by atoms with van der Waals surface area (Å²) >= 11 is 0. The van der Waals surface area contributed by atoms with Crippen LogP contribution in [0.15, 0.2) is 24.3 Å². The van der Waals surface area contributed by atoms with Gasteiger partial charge in [-0.2, -0.15) is 0 Å². The molecule has 0 radical (unpaired) electrons. The van der Waals surface area contributed by atoms with Crippen LogP contribution in [0.5, 0.6) is 0 Å². The Morgan fingerprint density at radius 2 is 2.10 bits per heavy atom. The molecule has 2 N–H and O–H groups in total. The molecule has 3 nitrogen and oxygen atoms in total. The maximum absolute atomic E-state index is 12.4. The first-order chi connectivity index (χ1) is 9.61. The fraction of sp³-hybridized carbons (Fsp3) is 0.588. The molecule has 2 rings (SSSR count). The molecule has 1 fully saturated rings. The van der Waals surface area contributed by atoms with Gasteiger partial charge < -0.3 is 10.6 Å². The molecule has 4 heteroatoms. The Kier molecular flexibility index (Phi) is 7.20. The van der Waals surface area contributed by atoms with Crippen molar-refractivity contribution in [3.05, 3.63) is 35.4 Å². The van der Waals surface area contributed by atoms with Crippen LogP contribution in [0.1, 0.15) is 37.3 Å². The van der Waals surface area contributed by atoms with Crippen LogP contribution in [0, 0.1) is 12.8 Å². The summed E-state index contributed by atoms with van der Waals surface area (Å²) in [6.07, 6.45) is 3.57. The number of carbonyl (C=O) groups is 1. The van der Waals surface area contributed by atoms with Gasteiger partial charge in [-0.3, -0.25) is 4.79 Å². The topological polar surface area (TPSA) is 46.3 Å². The van der Waals surface area contributed by atoms with Crippen LogP contribution in [0.2, 0.25) is 0 Å². The van der Waals surface area contributed by atoms with Gasteiger partial charge in [0.25, 0.3) is 0 Å². The van der Waals surface area contributed by atoms with Crippen LogP contribution in [0.3, 0.4) is 0 Å². The summed E-state index contributed by atoms with van der Waals surface area (Å²) in [6.45, 7) is 5.80. The maximum Gasteiger partial charge on any atom is 0.223 e. The van der Waals surface area contributed by atoms with E-state index in [0.717, 1.165) is 25.8 Å². The first-order valence-electron chi connectivity index (χ1n) is 7.66. The minimum absolute atomic E-state index is 0. The maximum atomic E-state index is 12.4. The number of likely N-dealkylation sites (tertiary alicyclic amines) is 1. The van der Waals surface area contributed by atoms with Crippen molar-refractivity contribution < 1.29 is 4.79 Å². The molecule has 0 bridgehead atoms. The average Bonchev–Trinajstić information content (AvgIpc) is 2.46. The van der Waals surface area contributed by atoms with Crippen LogP contribution in [-0.4, -0.2) is 29.9 Å². The van der Waals surface area contributed by atoms with Crippen LogP contribution in [0.25, 0.3) is 0 Å². The minimum Gasteiger partial charge on any atom is -0.338 e. The Labute approximate surface area is 134 Å². The average molecular weight is 311 g/mol. The van der Waals surface area contributed by atoms with Crippen molar-refractivity contribution in [2.24, 2.45) is 11.7 Å². The van der Waals surface area contributed by atoms with Gasteiger partial charge in [0.1, 0.15) is 0 Å². The van der Waals surface area contributed by atoms with Gasteiger partial charge in [0.15, 0.2) is 0 Å². The number of halogens is 1. The monoisotopic (exact) mass is 310 g/mol. The number of carbonyl (C=O) groups excluding carboxylic acids is 1. The van der Waals surface area contributed by atoms with Crippen molar-refractivity contribution in [1.82, 2.24) is 4.90 Å². The highest BCUT2D eigenvalue weighted by atomic mass is 35.5. The number of amides is 1. The number of nitrogens with zero attached hydrogens (tertiary/aromatic N) is 1. The Morgan fingerprint density at radius 1 is 1.38 bits per heavy atom. The number of benzene rings is 1. The van der Waals surface area contributed by atoms with Gasteiger partial charge in [-0.1, -0.05) is 31.2 Å². The number of nitrogens with two attached hydrogens (primary N) is 1. The zero-order chi connectivity index (χ0) is 14.5. The first kappa shape index (κ1) is 18.0. The van der Waals surface area contributed by atoms with Gasteiger partial charge in [-0.25, -0.2) is 0 Å². The quantitative estimate of drug-likeness (QED) is 0.929. The second kappa shape index (κ2) is 8.40. The Balaban J connectivity index is 0.00000220. The minimum atomic E-state index is 0. The number of hydrogen-bond acceptors (Lipinski definition) is 2. The van der Waals surface area contributed by atoms with E-state index in [0.29, 0.717) is 18.9 Å². The highest BCUT2D eigenvalue weighted by Gasteiger charge is 2.28. The molecule has 118 valence electrons. The van der Waals surface area contributed by atoms with E-state index in [1.54, 1.807) is 0 Å². The van der Waals surface area contributed by atoms with Crippen LogP contribution >= 0.6 is 12.4 Å². The molecule has 1 amide bonds. The van der Waals surface area contributed by atoms with Gasteiger partial charge in [-0.15, -0.1) is 12.4 Å². The van der Waals surface area contributed by atoms with Crippen molar-refractivity contribution in [2.75, 3.05) is 13.1 Å².